The van der Waals surface area contributed by atoms with Gasteiger partial charge in [-0.25, -0.2) is 0 Å². The molecule has 7 heteroatoms. The summed E-state index contributed by atoms with van der Waals surface area (Å²) in [5, 5.41) is 3.07. The molecule has 7 nitrogen and oxygen atoms in total. The summed E-state index contributed by atoms with van der Waals surface area (Å²) < 4.78 is 18.5. The monoisotopic (exact) mass is 471 g/mol. The van der Waals surface area contributed by atoms with Gasteiger partial charge in [-0.1, -0.05) is 30.3 Å². The van der Waals surface area contributed by atoms with Gasteiger partial charge in [-0.05, 0) is 30.2 Å². The number of methoxy groups -OCH3 is 3. The largest absolute Gasteiger partial charge is 0.496 e. The SMILES string of the molecule is COc1cc(OC)c(CNC(=O)c2c(-c3ccccc3)cn(Cc3ccncc3)c2C)c(OC)c1. The fourth-order valence-electron chi connectivity index (χ4n) is 4.14. The minimum atomic E-state index is -0.172. The van der Waals surface area contributed by atoms with Gasteiger partial charge in [0.05, 0.1) is 39.0 Å². The molecule has 2 aromatic heterocycles. The number of nitrogens with one attached hydrogen (secondary N) is 1. The average Bonchev–Trinajstić information content (AvgIpc) is 3.23. The van der Waals surface area contributed by atoms with Crippen molar-refractivity contribution in [1.29, 1.82) is 0 Å². The highest BCUT2D eigenvalue weighted by Gasteiger charge is 2.22. The highest BCUT2D eigenvalue weighted by atomic mass is 16.5. The summed E-state index contributed by atoms with van der Waals surface area (Å²) in [5.74, 6) is 1.60. The van der Waals surface area contributed by atoms with Crippen LogP contribution in [-0.2, 0) is 13.1 Å². The standard InChI is InChI=1S/C28H29N3O4/c1-19-27(28(32)30-16-23-25(34-3)14-22(33-2)15-26(23)35-4)24(21-8-6-5-7-9-21)18-31(19)17-20-10-12-29-13-11-20/h5-15,18H,16-17H2,1-4H3,(H,30,32). The number of hydrogen-bond acceptors (Lipinski definition) is 5. The van der Waals surface area contributed by atoms with Crippen molar-refractivity contribution in [3.63, 3.8) is 0 Å². The molecule has 0 fully saturated rings. The van der Waals surface area contributed by atoms with Crippen molar-refractivity contribution < 1.29 is 19.0 Å². The number of rotatable bonds is 9. The van der Waals surface area contributed by atoms with Crippen molar-refractivity contribution in [3.8, 4) is 28.4 Å². The van der Waals surface area contributed by atoms with Crippen LogP contribution in [0.5, 0.6) is 17.2 Å². The number of carbonyl (C=O) groups is 1. The van der Waals surface area contributed by atoms with E-state index in [0.29, 0.717) is 29.4 Å². The summed E-state index contributed by atoms with van der Waals surface area (Å²) >= 11 is 0. The van der Waals surface area contributed by atoms with Crippen LogP contribution in [-0.4, -0.2) is 36.8 Å². The van der Waals surface area contributed by atoms with Crippen LogP contribution in [0.1, 0.15) is 27.2 Å². The fraction of sp³-hybridized carbons (Fsp3) is 0.214. The molecule has 2 heterocycles. The second kappa shape index (κ2) is 10.8. The topological polar surface area (TPSA) is 74.6 Å². The van der Waals surface area contributed by atoms with Crippen LogP contribution in [0.25, 0.3) is 11.1 Å². The first kappa shape index (κ1) is 23.9. The van der Waals surface area contributed by atoms with E-state index in [4.69, 9.17) is 14.2 Å². The summed E-state index contributed by atoms with van der Waals surface area (Å²) in [6.45, 7) is 2.84. The Morgan fingerprint density at radius 2 is 1.60 bits per heavy atom. The first-order chi connectivity index (χ1) is 17.0. The number of amides is 1. The van der Waals surface area contributed by atoms with Crippen molar-refractivity contribution in [3.05, 3.63) is 95.6 Å². The Labute approximate surface area is 205 Å². The van der Waals surface area contributed by atoms with Gasteiger partial charge in [0, 0.05) is 48.5 Å². The summed E-state index contributed by atoms with van der Waals surface area (Å²) in [6, 6.07) is 17.4. The lowest BCUT2D eigenvalue weighted by Gasteiger charge is -2.16. The normalized spacial score (nSPS) is 10.6. The van der Waals surface area contributed by atoms with E-state index >= 15 is 0 Å². The smallest absolute Gasteiger partial charge is 0.254 e. The molecule has 0 saturated heterocycles. The van der Waals surface area contributed by atoms with E-state index in [9.17, 15) is 4.79 Å². The van der Waals surface area contributed by atoms with E-state index in [1.807, 2.05) is 55.6 Å². The molecule has 0 unspecified atom stereocenters. The molecule has 0 aliphatic rings. The predicted octanol–water partition coefficient (Wildman–Crippen LogP) is 4.86. The zero-order valence-corrected chi connectivity index (χ0v) is 20.4. The molecule has 4 rings (SSSR count). The molecular formula is C28H29N3O4. The fourth-order valence-corrected chi connectivity index (χ4v) is 4.14. The van der Waals surface area contributed by atoms with Crippen LogP contribution in [0.3, 0.4) is 0 Å². The predicted molar refractivity (Wildman–Crippen MR) is 135 cm³/mol. The van der Waals surface area contributed by atoms with Crippen molar-refractivity contribution in [2.24, 2.45) is 0 Å². The number of aromatic nitrogens is 2. The Balaban J connectivity index is 1.68. The third-order valence-corrected chi connectivity index (χ3v) is 6.00. The van der Waals surface area contributed by atoms with E-state index in [-0.39, 0.29) is 12.5 Å². The molecule has 35 heavy (non-hydrogen) atoms. The number of benzene rings is 2. The van der Waals surface area contributed by atoms with Crippen LogP contribution in [0, 0.1) is 6.92 Å². The van der Waals surface area contributed by atoms with Crippen LogP contribution in [0.4, 0.5) is 0 Å². The first-order valence-electron chi connectivity index (χ1n) is 11.3. The quantitative estimate of drug-likeness (QED) is 0.377. The van der Waals surface area contributed by atoms with Gasteiger partial charge in [0.2, 0.25) is 0 Å². The van der Waals surface area contributed by atoms with E-state index in [2.05, 4.69) is 14.9 Å². The molecule has 0 atom stereocenters. The lowest BCUT2D eigenvalue weighted by Crippen LogP contribution is -2.24. The zero-order chi connectivity index (χ0) is 24.8. The Bertz CT molecular complexity index is 1280. The van der Waals surface area contributed by atoms with Gasteiger partial charge < -0.3 is 24.1 Å². The molecule has 0 radical (unpaired) electrons. The molecule has 180 valence electrons. The Morgan fingerprint density at radius 1 is 0.943 bits per heavy atom. The molecule has 4 aromatic rings. The number of pyridine rings is 1. The third kappa shape index (κ3) is 5.14. The summed E-state index contributed by atoms with van der Waals surface area (Å²) in [7, 11) is 4.74. The van der Waals surface area contributed by atoms with Crippen molar-refractivity contribution in [2.75, 3.05) is 21.3 Å². The summed E-state index contributed by atoms with van der Waals surface area (Å²) in [5.41, 5.74) is 5.22. The van der Waals surface area contributed by atoms with Crippen molar-refractivity contribution in [1.82, 2.24) is 14.9 Å². The second-order valence-corrected chi connectivity index (χ2v) is 8.05. The Hall–Kier alpha value is -4.26. The zero-order valence-electron chi connectivity index (χ0n) is 20.4. The van der Waals surface area contributed by atoms with Gasteiger partial charge in [-0.15, -0.1) is 0 Å². The minimum absolute atomic E-state index is 0.172. The van der Waals surface area contributed by atoms with E-state index in [1.54, 1.807) is 45.9 Å². The molecule has 2 aromatic carbocycles. The maximum Gasteiger partial charge on any atom is 0.254 e. The molecule has 0 aliphatic carbocycles. The van der Waals surface area contributed by atoms with Crippen LogP contribution >= 0.6 is 0 Å². The molecular weight excluding hydrogens is 442 g/mol. The molecule has 0 aliphatic heterocycles. The number of nitrogens with zero attached hydrogens (tertiary/aromatic N) is 2. The van der Waals surface area contributed by atoms with Gasteiger partial charge in [0.15, 0.2) is 0 Å². The third-order valence-electron chi connectivity index (χ3n) is 6.00. The highest BCUT2D eigenvalue weighted by Crippen LogP contribution is 2.34. The van der Waals surface area contributed by atoms with Crippen LogP contribution in [0.2, 0.25) is 0 Å². The minimum Gasteiger partial charge on any atom is -0.496 e. The van der Waals surface area contributed by atoms with E-state index in [0.717, 1.165) is 27.9 Å². The average molecular weight is 472 g/mol. The van der Waals surface area contributed by atoms with Crippen molar-refractivity contribution in [2.45, 2.75) is 20.0 Å². The number of carbonyl (C=O) groups excluding carboxylic acids is 1. The van der Waals surface area contributed by atoms with Gasteiger partial charge in [-0.3, -0.25) is 9.78 Å². The lowest BCUT2D eigenvalue weighted by atomic mass is 10.0. The lowest BCUT2D eigenvalue weighted by molar-refractivity contribution is 0.0950. The Kier molecular flexibility index (Phi) is 7.35. The highest BCUT2D eigenvalue weighted by molar-refractivity contribution is 6.02. The first-order valence-corrected chi connectivity index (χ1v) is 11.3. The maximum absolute atomic E-state index is 13.6. The molecule has 0 spiro atoms. The molecule has 0 saturated carbocycles. The van der Waals surface area contributed by atoms with Gasteiger partial charge in [-0.2, -0.15) is 0 Å². The summed E-state index contributed by atoms with van der Waals surface area (Å²) in [4.78, 5) is 17.7. The number of ether oxygens (including phenoxy) is 3. The van der Waals surface area contributed by atoms with Gasteiger partial charge in [0.1, 0.15) is 17.2 Å². The molecule has 1 N–H and O–H groups in total. The van der Waals surface area contributed by atoms with Crippen LogP contribution in [0.15, 0.2) is 73.2 Å². The van der Waals surface area contributed by atoms with Crippen molar-refractivity contribution >= 4 is 5.91 Å². The molecule has 0 bridgehead atoms. The summed E-state index contributed by atoms with van der Waals surface area (Å²) in [6.07, 6.45) is 5.58. The molecule has 1 amide bonds. The van der Waals surface area contributed by atoms with Gasteiger partial charge in [0.25, 0.3) is 5.91 Å². The van der Waals surface area contributed by atoms with Gasteiger partial charge >= 0.3 is 0 Å². The maximum atomic E-state index is 13.6. The number of hydrogen-bond donors (Lipinski definition) is 1. The van der Waals surface area contributed by atoms with Crippen LogP contribution < -0.4 is 19.5 Å². The van der Waals surface area contributed by atoms with E-state index < -0.39 is 0 Å². The van der Waals surface area contributed by atoms with E-state index in [1.165, 1.54) is 0 Å². The second-order valence-electron chi connectivity index (χ2n) is 8.05. The Morgan fingerprint density at radius 3 is 2.20 bits per heavy atom.